The minimum absolute atomic E-state index is 0.00297. The van der Waals surface area contributed by atoms with E-state index in [0.717, 1.165) is 28.3 Å². The Morgan fingerprint density at radius 2 is 1.72 bits per heavy atom. The van der Waals surface area contributed by atoms with Crippen molar-refractivity contribution in [3.05, 3.63) is 105 Å². The lowest BCUT2D eigenvalue weighted by Crippen LogP contribution is -2.57. The molecule has 1 fully saturated rings. The summed E-state index contributed by atoms with van der Waals surface area (Å²) in [6.07, 6.45) is 0. The second-order valence-electron chi connectivity index (χ2n) is 9.48. The molecule has 0 radical (unpaired) electrons. The molecule has 5 rings (SSSR count). The lowest BCUT2D eigenvalue weighted by Gasteiger charge is -2.48. The monoisotopic (exact) mass is 497 g/mol. The number of aryl methyl sites for hydroxylation is 1. The van der Waals surface area contributed by atoms with Crippen molar-refractivity contribution in [2.45, 2.75) is 32.0 Å². The third-order valence-corrected chi connectivity index (χ3v) is 7.52. The molecule has 0 N–H and O–H groups in total. The van der Waals surface area contributed by atoms with E-state index in [0.29, 0.717) is 17.8 Å². The van der Waals surface area contributed by atoms with Gasteiger partial charge in [0, 0.05) is 43.3 Å². The SMILES string of the molecule is C[C@@H]1CN(c2cc(=O)n(C)c3ccc(C#N)nc23)[C@@H](C)CN1C(c1ccccc1)c1ccccc1Cl. The molecule has 1 aliphatic heterocycles. The normalized spacial score (nSPS) is 19.2. The molecule has 1 aliphatic rings. The molecule has 1 unspecified atom stereocenters. The molecule has 4 aromatic rings. The molecule has 0 amide bonds. The van der Waals surface area contributed by atoms with E-state index >= 15 is 0 Å². The van der Waals surface area contributed by atoms with Crippen LogP contribution >= 0.6 is 11.6 Å². The smallest absolute Gasteiger partial charge is 0.252 e. The van der Waals surface area contributed by atoms with Gasteiger partial charge >= 0.3 is 0 Å². The van der Waals surface area contributed by atoms with Crippen LogP contribution in [-0.4, -0.2) is 39.6 Å². The molecular weight excluding hydrogens is 470 g/mol. The van der Waals surface area contributed by atoms with Gasteiger partial charge in [-0.2, -0.15) is 5.26 Å². The molecule has 0 spiro atoms. The highest BCUT2D eigenvalue weighted by molar-refractivity contribution is 6.31. The van der Waals surface area contributed by atoms with E-state index in [-0.39, 0.29) is 23.7 Å². The van der Waals surface area contributed by atoms with Crippen LogP contribution in [0.25, 0.3) is 11.0 Å². The van der Waals surface area contributed by atoms with Gasteiger partial charge in [-0.15, -0.1) is 0 Å². The zero-order chi connectivity index (χ0) is 25.4. The largest absolute Gasteiger partial charge is 0.364 e. The van der Waals surface area contributed by atoms with Crippen LogP contribution in [0, 0.1) is 11.3 Å². The minimum Gasteiger partial charge on any atom is -0.364 e. The number of nitriles is 1. The van der Waals surface area contributed by atoms with Crippen LogP contribution in [0.3, 0.4) is 0 Å². The van der Waals surface area contributed by atoms with E-state index in [4.69, 9.17) is 11.6 Å². The van der Waals surface area contributed by atoms with Crippen molar-refractivity contribution in [2.24, 2.45) is 7.05 Å². The summed E-state index contributed by atoms with van der Waals surface area (Å²) in [5.41, 5.74) is 4.69. The fourth-order valence-corrected chi connectivity index (χ4v) is 5.56. The molecule has 2 aromatic heterocycles. The maximum atomic E-state index is 12.8. The van der Waals surface area contributed by atoms with Crippen molar-refractivity contribution in [3.8, 4) is 6.07 Å². The highest BCUT2D eigenvalue weighted by Crippen LogP contribution is 2.38. The van der Waals surface area contributed by atoms with Gasteiger partial charge in [0.25, 0.3) is 5.56 Å². The first-order valence-corrected chi connectivity index (χ1v) is 12.5. The summed E-state index contributed by atoms with van der Waals surface area (Å²) in [4.78, 5) is 22.2. The molecule has 1 saturated heterocycles. The Bertz CT molecular complexity index is 1510. The minimum atomic E-state index is -0.0930. The van der Waals surface area contributed by atoms with Crippen molar-refractivity contribution in [3.63, 3.8) is 0 Å². The summed E-state index contributed by atoms with van der Waals surface area (Å²) in [5.74, 6) is 0. The zero-order valence-corrected chi connectivity index (χ0v) is 21.4. The Hall–Kier alpha value is -3.66. The van der Waals surface area contributed by atoms with Gasteiger partial charge in [-0.3, -0.25) is 9.69 Å². The topological polar surface area (TPSA) is 65.2 Å². The van der Waals surface area contributed by atoms with Gasteiger partial charge in [-0.25, -0.2) is 4.98 Å². The molecule has 3 heterocycles. The summed E-state index contributed by atoms with van der Waals surface area (Å²) in [5, 5.41) is 10.2. The molecule has 0 aliphatic carbocycles. The second-order valence-corrected chi connectivity index (χ2v) is 9.89. The fourth-order valence-electron chi connectivity index (χ4n) is 5.32. The molecule has 182 valence electrons. The third-order valence-electron chi connectivity index (χ3n) is 7.17. The first-order valence-electron chi connectivity index (χ1n) is 12.1. The van der Waals surface area contributed by atoms with Crippen molar-refractivity contribution >= 4 is 28.3 Å². The molecule has 3 atom stereocenters. The Labute approximate surface area is 216 Å². The van der Waals surface area contributed by atoms with E-state index in [2.05, 4.69) is 65.0 Å². The first-order chi connectivity index (χ1) is 17.4. The summed E-state index contributed by atoms with van der Waals surface area (Å²) in [6, 6.07) is 26.0. The summed E-state index contributed by atoms with van der Waals surface area (Å²) in [7, 11) is 1.74. The van der Waals surface area contributed by atoms with Gasteiger partial charge in [0.05, 0.1) is 17.2 Å². The number of piperazine rings is 1. The third kappa shape index (κ3) is 4.26. The lowest BCUT2D eigenvalue weighted by atomic mass is 9.93. The fraction of sp³-hybridized carbons (Fsp3) is 0.276. The Morgan fingerprint density at radius 1 is 1.00 bits per heavy atom. The number of benzene rings is 2. The number of anilines is 1. The number of rotatable bonds is 4. The van der Waals surface area contributed by atoms with Gasteiger partial charge in [0.2, 0.25) is 0 Å². The lowest BCUT2D eigenvalue weighted by molar-refractivity contribution is 0.130. The number of hydrogen-bond acceptors (Lipinski definition) is 5. The predicted molar refractivity (Wildman–Crippen MR) is 144 cm³/mol. The van der Waals surface area contributed by atoms with Crippen molar-refractivity contribution in [1.29, 1.82) is 5.26 Å². The van der Waals surface area contributed by atoms with Crippen LogP contribution in [0.1, 0.15) is 36.7 Å². The Kier molecular flexibility index (Phi) is 6.53. The van der Waals surface area contributed by atoms with Crippen LogP contribution in [0.2, 0.25) is 5.02 Å². The van der Waals surface area contributed by atoms with Gasteiger partial charge in [0.15, 0.2) is 0 Å². The molecular formula is C29H28ClN5O. The molecule has 2 aromatic carbocycles. The quantitative estimate of drug-likeness (QED) is 0.390. The first kappa shape index (κ1) is 24.1. The van der Waals surface area contributed by atoms with Gasteiger partial charge in [0.1, 0.15) is 17.3 Å². The maximum absolute atomic E-state index is 12.8. The number of aromatic nitrogens is 2. The number of halogens is 1. The molecule has 0 saturated carbocycles. The van der Waals surface area contributed by atoms with Crippen molar-refractivity contribution < 1.29 is 0 Å². The summed E-state index contributed by atoms with van der Waals surface area (Å²) in [6.45, 7) is 5.85. The number of fused-ring (bicyclic) bond motifs is 1. The van der Waals surface area contributed by atoms with Crippen LogP contribution in [0.4, 0.5) is 5.69 Å². The molecule has 36 heavy (non-hydrogen) atoms. The van der Waals surface area contributed by atoms with Crippen LogP contribution in [0.5, 0.6) is 0 Å². The average molecular weight is 498 g/mol. The van der Waals surface area contributed by atoms with E-state index < -0.39 is 0 Å². The summed E-state index contributed by atoms with van der Waals surface area (Å²) < 4.78 is 1.58. The van der Waals surface area contributed by atoms with E-state index in [1.807, 2.05) is 24.3 Å². The molecule has 0 bridgehead atoms. The van der Waals surface area contributed by atoms with E-state index in [1.165, 1.54) is 5.56 Å². The van der Waals surface area contributed by atoms with Gasteiger partial charge in [-0.05, 0) is 43.2 Å². The molecule has 6 nitrogen and oxygen atoms in total. The number of pyridine rings is 2. The average Bonchev–Trinajstić information content (AvgIpc) is 2.89. The summed E-state index contributed by atoms with van der Waals surface area (Å²) >= 11 is 6.71. The highest BCUT2D eigenvalue weighted by atomic mass is 35.5. The van der Waals surface area contributed by atoms with E-state index in [9.17, 15) is 10.1 Å². The Balaban J connectivity index is 1.57. The van der Waals surface area contributed by atoms with Crippen LogP contribution in [-0.2, 0) is 7.05 Å². The Morgan fingerprint density at radius 3 is 2.44 bits per heavy atom. The van der Waals surface area contributed by atoms with Crippen LogP contribution in [0.15, 0.2) is 77.6 Å². The van der Waals surface area contributed by atoms with Gasteiger partial charge < -0.3 is 9.47 Å². The van der Waals surface area contributed by atoms with Crippen molar-refractivity contribution in [1.82, 2.24) is 14.5 Å². The van der Waals surface area contributed by atoms with Gasteiger partial charge in [-0.1, -0.05) is 60.1 Å². The zero-order valence-electron chi connectivity index (χ0n) is 20.6. The van der Waals surface area contributed by atoms with Crippen LogP contribution < -0.4 is 10.5 Å². The predicted octanol–water partition coefficient (Wildman–Crippen LogP) is 5.15. The standard InChI is InChI=1S/C29H28ClN5O/c1-19-18-35(29(21-9-5-4-6-10-21)23-11-7-8-12-24(23)30)20(2)17-34(19)26-15-27(36)33(3)25-14-13-22(16-31)32-28(25)26/h4-15,19-20,29H,17-18H2,1-3H3/t19-,20+,29?/m0/s1. The van der Waals surface area contributed by atoms with Crippen molar-refractivity contribution in [2.75, 3.05) is 18.0 Å². The number of hydrogen-bond donors (Lipinski definition) is 0. The van der Waals surface area contributed by atoms with E-state index in [1.54, 1.807) is 29.8 Å². The second kappa shape index (κ2) is 9.77. The maximum Gasteiger partial charge on any atom is 0.252 e. The molecule has 7 heteroatoms. The highest BCUT2D eigenvalue weighted by Gasteiger charge is 2.36. The number of nitrogens with zero attached hydrogens (tertiary/aromatic N) is 5.